The van der Waals surface area contributed by atoms with Crippen molar-refractivity contribution in [2.75, 3.05) is 37.8 Å². The second-order valence-corrected chi connectivity index (χ2v) is 5.63. The summed E-state index contributed by atoms with van der Waals surface area (Å²) in [6.07, 6.45) is 4.00. The van der Waals surface area contributed by atoms with Crippen LogP contribution >= 0.6 is 0 Å². The SMILES string of the molecule is CN(C)CCCNc1cncc(C(=O)Nc2ccc(F)c(F)c2)c1. The van der Waals surface area contributed by atoms with Crippen molar-refractivity contribution in [3.8, 4) is 0 Å². The molecule has 1 aromatic heterocycles. The molecule has 2 aromatic rings. The number of pyridine rings is 1. The van der Waals surface area contributed by atoms with Gasteiger partial charge in [-0.2, -0.15) is 0 Å². The summed E-state index contributed by atoms with van der Waals surface area (Å²) in [5.74, 6) is -2.41. The second kappa shape index (κ2) is 8.35. The summed E-state index contributed by atoms with van der Waals surface area (Å²) in [6, 6.07) is 4.86. The zero-order valence-corrected chi connectivity index (χ0v) is 13.6. The summed E-state index contributed by atoms with van der Waals surface area (Å²) in [5.41, 5.74) is 1.24. The average Bonchev–Trinajstić information content (AvgIpc) is 2.55. The Labute approximate surface area is 139 Å². The number of hydrogen-bond acceptors (Lipinski definition) is 4. The molecule has 1 aromatic carbocycles. The van der Waals surface area contributed by atoms with Gasteiger partial charge in [-0.25, -0.2) is 8.78 Å². The predicted molar refractivity (Wildman–Crippen MR) is 90.2 cm³/mol. The minimum atomic E-state index is -1.01. The lowest BCUT2D eigenvalue weighted by Gasteiger charge is -2.11. The van der Waals surface area contributed by atoms with Gasteiger partial charge in [0.05, 0.1) is 11.3 Å². The van der Waals surface area contributed by atoms with Gasteiger partial charge in [0, 0.05) is 30.7 Å². The van der Waals surface area contributed by atoms with E-state index >= 15 is 0 Å². The van der Waals surface area contributed by atoms with E-state index in [4.69, 9.17) is 0 Å². The van der Waals surface area contributed by atoms with Gasteiger partial charge in [0.2, 0.25) is 0 Å². The van der Waals surface area contributed by atoms with Crippen LogP contribution in [0.2, 0.25) is 0 Å². The van der Waals surface area contributed by atoms with Crippen molar-refractivity contribution in [1.29, 1.82) is 0 Å². The Morgan fingerprint density at radius 2 is 1.92 bits per heavy atom. The van der Waals surface area contributed by atoms with E-state index in [9.17, 15) is 13.6 Å². The smallest absolute Gasteiger partial charge is 0.257 e. The second-order valence-electron chi connectivity index (χ2n) is 5.63. The summed E-state index contributed by atoms with van der Waals surface area (Å²) in [7, 11) is 4.01. The zero-order valence-electron chi connectivity index (χ0n) is 13.6. The van der Waals surface area contributed by atoms with E-state index in [-0.39, 0.29) is 5.69 Å². The molecule has 0 bridgehead atoms. The van der Waals surface area contributed by atoms with Crippen molar-refractivity contribution >= 4 is 17.3 Å². The van der Waals surface area contributed by atoms with Crippen LogP contribution < -0.4 is 10.6 Å². The maximum absolute atomic E-state index is 13.2. The molecule has 0 radical (unpaired) electrons. The van der Waals surface area contributed by atoms with E-state index in [0.717, 1.165) is 37.3 Å². The van der Waals surface area contributed by atoms with Crippen LogP contribution in [-0.2, 0) is 0 Å². The number of benzene rings is 1. The molecule has 0 atom stereocenters. The van der Waals surface area contributed by atoms with Gasteiger partial charge in [-0.1, -0.05) is 0 Å². The lowest BCUT2D eigenvalue weighted by molar-refractivity contribution is 0.102. The number of hydrogen-bond donors (Lipinski definition) is 2. The van der Waals surface area contributed by atoms with Gasteiger partial charge in [0.1, 0.15) is 0 Å². The molecule has 2 N–H and O–H groups in total. The van der Waals surface area contributed by atoms with Crippen molar-refractivity contribution in [3.05, 3.63) is 53.9 Å². The van der Waals surface area contributed by atoms with E-state index < -0.39 is 17.5 Å². The highest BCUT2D eigenvalue weighted by molar-refractivity contribution is 6.04. The van der Waals surface area contributed by atoms with Gasteiger partial charge < -0.3 is 15.5 Å². The third kappa shape index (κ3) is 5.27. The molecule has 0 unspecified atom stereocenters. The number of nitrogens with zero attached hydrogens (tertiary/aromatic N) is 2. The minimum Gasteiger partial charge on any atom is -0.384 e. The predicted octanol–water partition coefficient (Wildman–Crippen LogP) is 2.98. The first kappa shape index (κ1) is 17.8. The molecule has 1 amide bonds. The number of halogens is 2. The van der Waals surface area contributed by atoms with Gasteiger partial charge in [-0.3, -0.25) is 9.78 Å². The highest BCUT2D eigenvalue weighted by Crippen LogP contribution is 2.15. The standard InChI is InChI=1S/C17H20F2N4O/c1-23(2)7-3-6-21-14-8-12(10-20-11-14)17(24)22-13-4-5-15(18)16(19)9-13/h4-5,8-11,21H,3,6-7H2,1-2H3,(H,22,24). The third-order valence-corrected chi connectivity index (χ3v) is 3.29. The summed E-state index contributed by atoms with van der Waals surface area (Å²) in [5, 5.41) is 5.71. The van der Waals surface area contributed by atoms with E-state index in [0.29, 0.717) is 5.56 Å². The molecule has 128 valence electrons. The molecule has 0 saturated carbocycles. The van der Waals surface area contributed by atoms with Crippen molar-refractivity contribution in [2.24, 2.45) is 0 Å². The number of carbonyl (C=O) groups excluding carboxylic acids is 1. The van der Waals surface area contributed by atoms with Crippen LogP contribution in [0.1, 0.15) is 16.8 Å². The van der Waals surface area contributed by atoms with Crippen molar-refractivity contribution in [1.82, 2.24) is 9.88 Å². The Bertz CT molecular complexity index is 707. The summed E-state index contributed by atoms with van der Waals surface area (Å²) >= 11 is 0. The summed E-state index contributed by atoms with van der Waals surface area (Å²) in [4.78, 5) is 18.3. The topological polar surface area (TPSA) is 57.3 Å². The number of rotatable bonds is 7. The van der Waals surface area contributed by atoms with Crippen LogP contribution in [0.5, 0.6) is 0 Å². The minimum absolute atomic E-state index is 0.184. The normalized spacial score (nSPS) is 10.7. The molecule has 0 spiro atoms. The Morgan fingerprint density at radius 3 is 2.62 bits per heavy atom. The van der Waals surface area contributed by atoms with Crippen molar-refractivity contribution in [3.63, 3.8) is 0 Å². The highest BCUT2D eigenvalue weighted by atomic mass is 19.2. The Kier molecular flexibility index (Phi) is 6.20. The molecule has 7 heteroatoms. The first-order valence-corrected chi connectivity index (χ1v) is 7.56. The van der Waals surface area contributed by atoms with Crippen LogP contribution in [0.3, 0.4) is 0 Å². The summed E-state index contributed by atoms with van der Waals surface area (Å²) in [6.45, 7) is 1.71. The molecular weight excluding hydrogens is 314 g/mol. The van der Waals surface area contributed by atoms with Crippen molar-refractivity contribution in [2.45, 2.75) is 6.42 Å². The monoisotopic (exact) mass is 334 g/mol. The third-order valence-electron chi connectivity index (χ3n) is 3.29. The number of amides is 1. The van der Waals surface area contributed by atoms with Crippen LogP contribution in [0, 0.1) is 11.6 Å². The Hall–Kier alpha value is -2.54. The number of aromatic nitrogens is 1. The van der Waals surface area contributed by atoms with Crippen LogP contribution in [0.15, 0.2) is 36.7 Å². The zero-order chi connectivity index (χ0) is 17.5. The number of carbonyl (C=O) groups is 1. The van der Waals surface area contributed by atoms with Gasteiger partial charge in [-0.15, -0.1) is 0 Å². The Balaban J connectivity index is 1.96. The molecule has 0 fully saturated rings. The van der Waals surface area contributed by atoms with E-state index in [1.807, 2.05) is 14.1 Å². The van der Waals surface area contributed by atoms with E-state index in [1.165, 1.54) is 12.3 Å². The highest BCUT2D eigenvalue weighted by Gasteiger charge is 2.09. The maximum atomic E-state index is 13.2. The van der Waals surface area contributed by atoms with Crippen LogP contribution in [0.25, 0.3) is 0 Å². The van der Waals surface area contributed by atoms with Gasteiger partial charge >= 0.3 is 0 Å². The number of nitrogens with one attached hydrogen (secondary N) is 2. The molecule has 0 aliphatic carbocycles. The fraction of sp³-hybridized carbons (Fsp3) is 0.294. The molecule has 0 saturated heterocycles. The molecule has 5 nitrogen and oxygen atoms in total. The molecule has 0 aliphatic rings. The van der Waals surface area contributed by atoms with E-state index in [2.05, 4.69) is 20.5 Å². The molecular formula is C17H20F2N4O. The largest absolute Gasteiger partial charge is 0.384 e. The van der Waals surface area contributed by atoms with Crippen molar-refractivity contribution < 1.29 is 13.6 Å². The Morgan fingerprint density at radius 1 is 1.12 bits per heavy atom. The molecule has 24 heavy (non-hydrogen) atoms. The quantitative estimate of drug-likeness (QED) is 0.765. The number of anilines is 2. The molecule has 2 rings (SSSR count). The molecule has 0 aliphatic heterocycles. The van der Waals surface area contributed by atoms with E-state index in [1.54, 1.807) is 12.3 Å². The fourth-order valence-corrected chi connectivity index (χ4v) is 2.07. The van der Waals surface area contributed by atoms with Gasteiger partial charge in [0.15, 0.2) is 11.6 Å². The maximum Gasteiger partial charge on any atom is 0.257 e. The average molecular weight is 334 g/mol. The van der Waals surface area contributed by atoms with Gasteiger partial charge in [0.25, 0.3) is 5.91 Å². The lowest BCUT2D eigenvalue weighted by atomic mass is 10.2. The first-order chi connectivity index (χ1) is 11.5. The van der Waals surface area contributed by atoms with Gasteiger partial charge in [-0.05, 0) is 45.3 Å². The van der Waals surface area contributed by atoms with Crippen LogP contribution in [-0.4, -0.2) is 43.0 Å². The lowest BCUT2D eigenvalue weighted by Crippen LogP contribution is -2.17. The fourth-order valence-electron chi connectivity index (χ4n) is 2.07. The molecule has 1 heterocycles. The first-order valence-electron chi connectivity index (χ1n) is 7.56. The van der Waals surface area contributed by atoms with Crippen LogP contribution in [0.4, 0.5) is 20.2 Å². The summed E-state index contributed by atoms with van der Waals surface area (Å²) < 4.78 is 26.1.